The number of aryl methyl sites for hydroxylation is 2. The van der Waals surface area contributed by atoms with Gasteiger partial charge in [0.15, 0.2) is 5.65 Å². The standard InChI is InChI=1S/C26H28N6O3/c1-18-8-10-20(11-9-18)25-27-19(2)16-23-28-31(26(34)32(23)25)17-24(33)30-14-12-29(13-15-30)21-6-4-5-7-22(21)35-3/h4-11,16H,12-15,17H2,1-3H3. The molecule has 9 nitrogen and oxygen atoms in total. The molecule has 1 saturated heterocycles. The molecule has 0 unspecified atom stereocenters. The van der Waals surface area contributed by atoms with Gasteiger partial charge in [-0.1, -0.05) is 42.0 Å². The molecule has 2 aromatic heterocycles. The lowest BCUT2D eigenvalue weighted by Gasteiger charge is -2.36. The van der Waals surface area contributed by atoms with Crippen molar-refractivity contribution in [2.45, 2.75) is 20.4 Å². The number of methoxy groups -OCH3 is 1. The summed E-state index contributed by atoms with van der Waals surface area (Å²) in [5.74, 6) is 1.21. The SMILES string of the molecule is COc1ccccc1N1CCN(C(=O)Cn2nc3cc(C)nc(-c4ccc(C)cc4)n3c2=O)CC1. The first-order valence-electron chi connectivity index (χ1n) is 11.6. The van der Waals surface area contributed by atoms with E-state index in [9.17, 15) is 9.59 Å². The zero-order valence-electron chi connectivity index (χ0n) is 20.1. The summed E-state index contributed by atoms with van der Waals surface area (Å²) in [6, 6.07) is 17.5. The summed E-state index contributed by atoms with van der Waals surface area (Å²) in [6.45, 7) is 6.27. The van der Waals surface area contributed by atoms with E-state index in [4.69, 9.17) is 4.74 Å². The predicted molar refractivity (Wildman–Crippen MR) is 134 cm³/mol. The number of aromatic nitrogens is 4. The van der Waals surface area contributed by atoms with Crippen molar-refractivity contribution in [3.05, 3.63) is 76.3 Å². The predicted octanol–water partition coefficient (Wildman–Crippen LogP) is 2.53. The number of benzene rings is 2. The number of carbonyl (C=O) groups is 1. The molecule has 1 fully saturated rings. The van der Waals surface area contributed by atoms with Crippen LogP contribution in [-0.4, -0.2) is 63.3 Å². The molecule has 1 amide bonds. The van der Waals surface area contributed by atoms with Crippen molar-refractivity contribution in [2.24, 2.45) is 0 Å². The van der Waals surface area contributed by atoms with Crippen LogP contribution in [0.5, 0.6) is 5.75 Å². The maximum Gasteiger partial charge on any atom is 0.352 e. The molecule has 1 aliphatic rings. The fourth-order valence-electron chi connectivity index (χ4n) is 4.47. The van der Waals surface area contributed by atoms with E-state index in [1.165, 1.54) is 9.08 Å². The molecule has 35 heavy (non-hydrogen) atoms. The van der Waals surface area contributed by atoms with Crippen LogP contribution in [0.25, 0.3) is 17.0 Å². The summed E-state index contributed by atoms with van der Waals surface area (Å²) in [5.41, 5.74) is 3.83. The molecule has 0 N–H and O–H groups in total. The van der Waals surface area contributed by atoms with Gasteiger partial charge in [0.1, 0.15) is 18.1 Å². The topological polar surface area (TPSA) is 85.0 Å². The average molecular weight is 473 g/mol. The van der Waals surface area contributed by atoms with E-state index in [0.717, 1.165) is 28.3 Å². The van der Waals surface area contributed by atoms with Crippen LogP contribution in [0.1, 0.15) is 11.3 Å². The molecule has 4 aromatic rings. The van der Waals surface area contributed by atoms with Gasteiger partial charge in [-0.25, -0.2) is 18.9 Å². The third-order valence-electron chi connectivity index (χ3n) is 6.35. The van der Waals surface area contributed by atoms with E-state index in [-0.39, 0.29) is 18.1 Å². The largest absolute Gasteiger partial charge is 0.495 e. The Morgan fingerprint density at radius 2 is 1.71 bits per heavy atom. The summed E-state index contributed by atoms with van der Waals surface area (Å²) in [6.07, 6.45) is 0. The van der Waals surface area contributed by atoms with Crippen LogP contribution in [0, 0.1) is 13.8 Å². The number of piperazine rings is 1. The zero-order chi connectivity index (χ0) is 24.5. The molecule has 0 atom stereocenters. The van der Waals surface area contributed by atoms with Crippen molar-refractivity contribution in [1.29, 1.82) is 0 Å². The van der Waals surface area contributed by atoms with E-state index >= 15 is 0 Å². The molecule has 1 aliphatic heterocycles. The Morgan fingerprint density at radius 3 is 2.43 bits per heavy atom. The zero-order valence-corrected chi connectivity index (χ0v) is 20.1. The van der Waals surface area contributed by atoms with Gasteiger partial charge in [-0.15, -0.1) is 5.10 Å². The highest BCUT2D eigenvalue weighted by Crippen LogP contribution is 2.28. The van der Waals surface area contributed by atoms with Gasteiger partial charge in [-0.3, -0.25) is 4.79 Å². The van der Waals surface area contributed by atoms with Gasteiger partial charge >= 0.3 is 5.69 Å². The molecule has 0 aliphatic carbocycles. The molecule has 0 radical (unpaired) electrons. The number of ether oxygens (including phenoxy) is 1. The highest BCUT2D eigenvalue weighted by atomic mass is 16.5. The van der Waals surface area contributed by atoms with Gasteiger partial charge in [0, 0.05) is 43.5 Å². The number of carbonyl (C=O) groups excluding carboxylic acids is 1. The molecule has 3 heterocycles. The Morgan fingerprint density at radius 1 is 1.00 bits per heavy atom. The minimum atomic E-state index is -0.371. The van der Waals surface area contributed by atoms with Crippen molar-refractivity contribution >= 4 is 17.2 Å². The Bertz CT molecular complexity index is 1430. The van der Waals surface area contributed by atoms with Crippen molar-refractivity contribution < 1.29 is 9.53 Å². The van der Waals surface area contributed by atoms with Gasteiger partial charge < -0.3 is 14.5 Å². The first-order chi connectivity index (χ1) is 16.9. The van der Waals surface area contributed by atoms with Gasteiger partial charge in [0.2, 0.25) is 5.91 Å². The lowest BCUT2D eigenvalue weighted by Crippen LogP contribution is -2.50. The highest BCUT2D eigenvalue weighted by molar-refractivity contribution is 5.76. The molecular formula is C26H28N6O3. The van der Waals surface area contributed by atoms with E-state index in [1.807, 2.05) is 62.4 Å². The number of hydrogen-bond donors (Lipinski definition) is 0. The summed E-state index contributed by atoms with van der Waals surface area (Å²) in [4.78, 5) is 34.9. The van der Waals surface area contributed by atoms with Crippen molar-refractivity contribution in [3.8, 4) is 17.1 Å². The highest BCUT2D eigenvalue weighted by Gasteiger charge is 2.24. The molecule has 2 aromatic carbocycles. The molecule has 5 rings (SSSR count). The normalized spacial score (nSPS) is 13.9. The number of anilines is 1. The van der Waals surface area contributed by atoms with Crippen molar-refractivity contribution in [2.75, 3.05) is 38.2 Å². The van der Waals surface area contributed by atoms with Crippen molar-refractivity contribution in [3.63, 3.8) is 0 Å². The Hall–Kier alpha value is -4.14. The van der Waals surface area contributed by atoms with Crippen LogP contribution in [0.4, 0.5) is 5.69 Å². The van der Waals surface area contributed by atoms with Crippen LogP contribution in [0.2, 0.25) is 0 Å². The van der Waals surface area contributed by atoms with E-state index in [0.29, 0.717) is 37.7 Å². The minimum Gasteiger partial charge on any atom is -0.495 e. The first kappa shape index (κ1) is 22.6. The summed E-state index contributed by atoms with van der Waals surface area (Å²) in [5, 5.41) is 4.45. The number of fused-ring (bicyclic) bond motifs is 1. The molecule has 180 valence electrons. The maximum atomic E-state index is 13.3. The maximum absolute atomic E-state index is 13.3. The van der Waals surface area contributed by atoms with Gasteiger partial charge in [0.05, 0.1) is 12.8 Å². The van der Waals surface area contributed by atoms with Crippen LogP contribution in [0.3, 0.4) is 0 Å². The lowest BCUT2D eigenvalue weighted by molar-refractivity contribution is -0.132. The second-order valence-electron chi connectivity index (χ2n) is 8.76. The quantitative estimate of drug-likeness (QED) is 0.444. The van der Waals surface area contributed by atoms with E-state index in [1.54, 1.807) is 18.1 Å². The molecular weight excluding hydrogens is 444 g/mol. The average Bonchev–Trinajstić information content (AvgIpc) is 3.18. The third kappa shape index (κ3) is 4.37. The first-order valence-corrected chi connectivity index (χ1v) is 11.6. The Labute approximate surface area is 203 Å². The lowest BCUT2D eigenvalue weighted by atomic mass is 10.1. The summed E-state index contributed by atoms with van der Waals surface area (Å²) < 4.78 is 8.19. The van der Waals surface area contributed by atoms with Gasteiger partial charge in [-0.05, 0) is 26.0 Å². The number of hydrogen-bond acceptors (Lipinski definition) is 6. The second kappa shape index (κ2) is 9.25. The third-order valence-corrected chi connectivity index (χ3v) is 6.35. The fourth-order valence-corrected chi connectivity index (χ4v) is 4.47. The molecule has 9 heteroatoms. The summed E-state index contributed by atoms with van der Waals surface area (Å²) >= 11 is 0. The van der Waals surface area contributed by atoms with Crippen LogP contribution in [0.15, 0.2) is 59.4 Å². The van der Waals surface area contributed by atoms with Crippen molar-refractivity contribution in [1.82, 2.24) is 24.1 Å². The molecule has 0 saturated carbocycles. The molecule has 0 spiro atoms. The fraction of sp³-hybridized carbons (Fsp3) is 0.308. The molecule has 0 bridgehead atoms. The minimum absolute atomic E-state index is 0.110. The number of rotatable bonds is 5. The smallest absolute Gasteiger partial charge is 0.352 e. The van der Waals surface area contributed by atoms with Gasteiger partial charge in [-0.2, -0.15) is 0 Å². The number of amides is 1. The van der Waals surface area contributed by atoms with Gasteiger partial charge in [0.25, 0.3) is 0 Å². The van der Waals surface area contributed by atoms with Crippen LogP contribution in [-0.2, 0) is 11.3 Å². The van der Waals surface area contributed by atoms with Crippen LogP contribution < -0.4 is 15.3 Å². The van der Waals surface area contributed by atoms with E-state index < -0.39 is 0 Å². The van der Waals surface area contributed by atoms with E-state index in [2.05, 4.69) is 15.0 Å². The van der Waals surface area contributed by atoms with Crippen LogP contribution >= 0.6 is 0 Å². The number of nitrogens with zero attached hydrogens (tertiary/aromatic N) is 6. The summed E-state index contributed by atoms with van der Waals surface area (Å²) in [7, 11) is 1.66. The Balaban J connectivity index is 1.35. The monoisotopic (exact) mass is 472 g/mol. The number of para-hydroxylation sites is 2. The Kier molecular flexibility index (Phi) is 5.98. The second-order valence-corrected chi connectivity index (χ2v) is 8.76.